The molecule has 6 nitrogen and oxygen atoms in total. The second kappa shape index (κ2) is 8.30. The highest BCUT2D eigenvalue weighted by atomic mass is 16.5. The Bertz CT molecular complexity index is 993. The molecule has 2 aromatic rings. The van der Waals surface area contributed by atoms with Crippen LogP contribution in [0.25, 0.3) is 11.8 Å². The summed E-state index contributed by atoms with van der Waals surface area (Å²) >= 11 is 0. The van der Waals surface area contributed by atoms with Crippen LogP contribution in [0, 0.1) is 5.92 Å². The fourth-order valence-electron chi connectivity index (χ4n) is 3.90. The predicted octanol–water partition coefficient (Wildman–Crippen LogP) is 4.01. The van der Waals surface area contributed by atoms with E-state index in [2.05, 4.69) is 0 Å². The van der Waals surface area contributed by atoms with Gasteiger partial charge in [0.1, 0.15) is 0 Å². The van der Waals surface area contributed by atoms with E-state index in [4.69, 9.17) is 18.9 Å². The number of nitrogens with zero attached hydrogens (tertiary/aromatic N) is 1. The Kier molecular flexibility index (Phi) is 5.57. The lowest BCUT2D eigenvalue weighted by Crippen LogP contribution is -2.36. The molecular weight excluding hydrogens is 382 g/mol. The number of hydrogen-bond donors (Lipinski definition) is 0. The van der Waals surface area contributed by atoms with Crippen molar-refractivity contribution in [1.82, 2.24) is 4.90 Å². The third-order valence-electron chi connectivity index (χ3n) is 5.68. The van der Waals surface area contributed by atoms with Crippen molar-refractivity contribution in [1.29, 1.82) is 0 Å². The monoisotopic (exact) mass is 409 g/mol. The minimum atomic E-state index is 0.139. The lowest BCUT2D eigenvalue weighted by Gasteiger charge is -2.32. The van der Waals surface area contributed by atoms with Crippen LogP contribution in [-0.2, 0) is 11.2 Å². The molecule has 0 atom stereocenters. The third-order valence-corrected chi connectivity index (χ3v) is 5.68. The Balaban J connectivity index is 1.84. The van der Waals surface area contributed by atoms with Crippen LogP contribution in [0.3, 0.4) is 0 Å². The van der Waals surface area contributed by atoms with Crippen molar-refractivity contribution in [3.63, 3.8) is 0 Å². The van der Waals surface area contributed by atoms with Gasteiger partial charge in [-0.2, -0.15) is 0 Å². The van der Waals surface area contributed by atoms with Crippen LogP contribution in [-0.4, -0.2) is 45.8 Å². The van der Waals surface area contributed by atoms with Gasteiger partial charge in [0.15, 0.2) is 23.0 Å². The van der Waals surface area contributed by atoms with Crippen molar-refractivity contribution in [2.75, 3.05) is 35.0 Å². The molecule has 6 heteroatoms. The van der Waals surface area contributed by atoms with Crippen molar-refractivity contribution in [3.8, 4) is 23.0 Å². The van der Waals surface area contributed by atoms with Gasteiger partial charge >= 0.3 is 0 Å². The van der Waals surface area contributed by atoms with Crippen LogP contribution in [0.2, 0.25) is 0 Å². The summed E-state index contributed by atoms with van der Waals surface area (Å²) < 4.78 is 21.8. The molecule has 0 aromatic heterocycles. The molecule has 2 aliphatic rings. The first-order valence-electron chi connectivity index (χ1n) is 10.1. The number of carbonyl (C=O) groups is 1. The van der Waals surface area contributed by atoms with Gasteiger partial charge in [-0.15, -0.1) is 0 Å². The van der Waals surface area contributed by atoms with E-state index in [0.29, 0.717) is 29.5 Å². The molecule has 30 heavy (non-hydrogen) atoms. The fourth-order valence-corrected chi connectivity index (χ4v) is 3.90. The standard InChI is InChI=1S/C24H27NO5/c1-27-20-8-5-15(12-21(20)28-2)11-19-18-14-23(30-4)22(29-3)13-17(18)9-10-25(19)24(26)16-6-7-16/h5,8,11-14,16H,6-7,9-10H2,1-4H3. The van der Waals surface area contributed by atoms with E-state index in [-0.39, 0.29) is 11.8 Å². The maximum atomic E-state index is 13.1. The van der Waals surface area contributed by atoms with E-state index in [9.17, 15) is 4.79 Å². The minimum absolute atomic E-state index is 0.139. The number of hydrogen-bond acceptors (Lipinski definition) is 5. The van der Waals surface area contributed by atoms with Crippen LogP contribution >= 0.6 is 0 Å². The van der Waals surface area contributed by atoms with Gasteiger partial charge in [0, 0.05) is 18.0 Å². The fraction of sp³-hybridized carbons (Fsp3) is 0.375. The van der Waals surface area contributed by atoms with E-state index < -0.39 is 0 Å². The molecule has 0 bridgehead atoms. The summed E-state index contributed by atoms with van der Waals surface area (Å²) in [6, 6.07) is 9.73. The molecule has 4 rings (SSSR count). The Morgan fingerprint density at radius 3 is 2.17 bits per heavy atom. The zero-order chi connectivity index (χ0) is 21.3. The average molecular weight is 409 g/mol. The maximum absolute atomic E-state index is 13.1. The lowest BCUT2D eigenvalue weighted by molar-refractivity contribution is -0.129. The quantitative estimate of drug-likeness (QED) is 0.721. The van der Waals surface area contributed by atoms with Gasteiger partial charge in [-0.05, 0) is 60.7 Å². The molecule has 1 aliphatic carbocycles. The normalized spacial score (nSPS) is 16.8. The first kappa shape index (κ1) is 20.1. The zero-order valence-corrected chi connectivity index (χ0v) is 17.9. The number of ether oxygens (including phenoxy) is 4. The summed E-state index contributed by atoms with van der Waals surface area (Å²) in [4.78, 5) is 15.0. The van der Waals surface area contributed by atoms with Crippen LogP contribution in [0.5, 0.6) is 23.0 Å². The summed E-state index contributed by atoms with van der Waals surface area (Å²) in [5.74, 6) is 3.00. The molecule has 0 unspecified atom stereocenters. The van der Waals surface area contributed by atoms with Gasteiger partial charge < -0.3 is 23.8 Å². The summed E-state index contributed by atoms with van der Waals surface area (Å²) in [7, 11) is 6.49. The van der Waals surface area contributed by atoms with Crippen LogP contribution in [0.4, 0.5) is 0 Å². The Labute approximate surface area is 177 Å². The van der Waals surface area contributed by atoms with Gasteiger partial charge in [0.25, 0.3) is 0 Å². The molecule has 0 spiro atoms. The summed E-state index contributed by atoms with van der Waals surface area (Å²) in [6.07, 6.45) is 4.75. The van der Waals surface area contributed by atoms with Gasteiger partial charge in [-0.25, -0.2) is 0 Å². The Hall–Kier alpha value is -3.15. The van der Waals surface area contributed by atoms with Crippen molar-refractivity contribution in [3.05, 3.63) is 47.0 Å². The smallest absolute Gasteiger partial charge is 0.230 e. The first-order valence-corrected chi connectivity index (χ1v) is 10.1. The summed E-state index contributed by atoms with van der Waals surface area (Å²) in [6.45, 7) is 0.650. The van der Waals surface area contributed by atoms with Gasteiger partial charge in [0.2, 0.25) is 5.91 Å². The van der Waals surface area contributed by atoms with Gasteiger partial charge in [0.05, 0.1) is 34.1 Å². The summed E-state index contributed by atoms with van der Waals surface area (Å²) in [5.41, 5.74) is 3.93. The molecule has 0 radical (unpaired) electrons. The number of amides is 1. The maximum Gasteiger partial charge on any atom is 0.230 e. The predicted molar refractivity (Wildman–Crippen MR) is 115 cm³/mol. The average Bonchev–Trinajstić information content (AvgIpc) is 3.63. The molecule has 1 aliphatic heterocycles. The lowest BCUT2D eigenvalue weighted by atomic mass is 9.93. The highest BCUT2D eigenvalue weighted by Crippen LogP contribution is 2.41. The SMILES string of the molecule is COc1ccc(C=C2c3cc(OC)c(OC)cc3CCN2C(=O)C2CC2)cc1OC. The van der Waals surface area contributed by atoms with Gasteiger partial charge in [-0.3, -0.25) is 4.79 Å². The van der Waals surface area contributed by atoms with E-state index in [1.54, 1.807) is 28.4 Å². The number of fused-ring (bicyclic) bond motifs is 1. The molecule has 1 fully saturated rings. The number of carbonyl (C=O) groups excluding carboxylic acids is 1. The molecule has 1 amide bonds. The highest BCUT2D eigenvalue weighted by Gasteiger charge is 2.37. The zero-order valence-electron chi connectivity index (χ0n) is 17.9. The van der Waals surface area contributed by atoms with Crippen LogP contribution < -0.4 is 18.9 Å². The molecular formula is C24H27NO5. The Morgan fingerprint density at radius 1 is 0.900 bits per heavy atom. The summed E-state index contributed by atoms with van der Waals surface area (Å²) in [5, 5.41) is 0. The molecule has 1 saturated carbocycles. The van der Waals surface area contributed by atoms with Crippen molar-refractivity contribution in [2.45, 2.75) is 19.3 Å². The minimum Gasteiger partial charge on any atom is -0.493 e. The number of benzene rings is 2. The molecule has 1 heterocycles. The second-order valence-electron chi connectivity index (χ2n) is 7.52. The van der Waals surface area contributed by atoms with Gasteiger partial charge in [-0.1, -0.05) is 6.07 Å². The molecule has 158 valence electrons. The number of methoxy groups -OCH3 is 4. The molecule has 0 N–H and O–H groups in total. The highest BCUT2D eigenvalue weighted by molar-refractivity contribution is 5.96. The topological polar surface area (TPSA) is 57.2 Å². The van der Waals surface area contributed by atoms with Crippen molar-refractivity contribution in [2.24, 2.45) is 5.92 Å². The van der Waals surface area contributed by atoms with Crippen molar-refractivity contribution >= 4 is 17.7 Å². The van der Waals surface area contributed by atoms with Crippen LogP contribution in [0.15, 0.2) is 30.3 Å². The van der Waals surface area contributed by atoms with Crippen LogP contribution in [0.1, 0.15) is 29.5 Å². The number of rotatable bonds is 6. The largest absolute Gasteiger partial charge is 0.493 e. The third kappa shape index (κ3) is 3.70. The van der Waals surface area contributed by atoms with E-state index in [1.807, 2.05) is 41.3 Å². The first-order chi connectivity index (χ1) is 14.6. The van der Waals surface area contributed by atoms with E-state index in [0.717, 1.165) is 41.6 Å². The molecule has 0 saturated heterocycles. The molecule has 2 aromatic carbocycles. The van der Waals surface area contributed by atoms with E-state index in [1.165, 1.54) is 0 Å². The van der Waals surface area contributed by atoms with Crippen molar-refractivity contribution < 1.29 is 23.7 Å². The van der Waals surface area contributed by atoms with E-state index >= 15 is 0 Å². The second-order valence-corrected chi connectivity index (χ2v) is 7.52. The Morgan fingerprint density at radius 2 is 1.53 bits per heavy atom.